The van der Waals surface area contributed by atoms with E-state index in [4.69, 9.17) is 11.8 Å². The summed E-state index contributed by atoms with van der Waals surface area (Å²) in [6.45, 7) is 0. The maximum Gasteiger partial charge on any atom is 0.0629 e. The van der Waals surface area contributed by atoms with Crippen molar-refractivity contribution in [1.29, 1.82) is 0 Å². The molecule has 0 N–H and O–H groups in total. The van der Waals surface area contributed by atoms with Gasteiger partial charge in [-0.2, -0.15) is 0 Å². The van der Waals surface area contributed by atoms with E-state index in [1.165, 1.54) is 0 Å². The third-order valence-corrected chi connectivity index (χ3v) is 0.403. The van der Waals surface area contributed by atoms with Crippen LogP contribution in [0.1, 0.15) is 0 Å². The Bertz CT molecular complexity index is 107. The lowest BCUT2D eigenvalue weighted by molar-refractivity contribution is 0.798. The minimum absolute atomic E-state index is 0.750. The summed E-state index contributed by atoms with van der Waals surface area (Å²) >= 11 is 5.02. The van der Waals surface area contributed by atoms with Gasteiger partial charge in [-0.15, -0.1) is 0 Å². The first-order valence-electron chi connectivity index (χ1n) is 1.17. The van der Waals surface area contributed by atoms with E-state index in [0.29, 0.717) is 0 Å². The monoisotopic (exact) mass is 105 g/mol. The fraction of sp³-hybridized carbons (Fsp3) is 0. The number of hydrogen-bond donors (Lipinski definition) is 0. The predicted molar refractivity (Wildman–Crippen MR) is 16.9 cm³/mol. The Kier molecular flexibility index (Phi) is 0.681. The van der Waals surface area contributed by atoms with Crippen molar-refractivity contribution in [2.75, 3.05) is 0 Å². The zero-order chi connectivity index (χ0) is 4.41. The molecule has 0 aliphatic carbocycles. The summed E-state index contributed by atoms with van der Waals surface area (Å²) in [6, 6.07) is 0. The molecule has 6 heavy (non-hydrogen) atoms. The lowest BCUT2D eigenvalue weighted by Gasteiger charge is -1.63. The largest absolute Gasteiger partial charge is 0.0629 e. The molecule has 0 fully saturated rings. The molecule has 1 heterocycles. The molecule has 0 bridgehead atoms. The third kappa shape index (κ3) is 0.436. The molecule has 0 saturated heterocycles. The standard InChI is InChI=1S/ClN5/c1-6-4-2-3-5-6. The molecule has 0 atom stereocenters. The highest BCUT2D eigenvalue weighted by atomic mass is 35.5. The van der Waals surface area contributed by atoms with Crippen LogP contribution in [0.25, 0.3) is 0 Å². The normalized spacial score (nSPS) is 8.83. The summed E-state index contributed by atoms with van der Waals surface area (Å²) in [6.07, 6.45) is 0. The Balaban J connectivity index is 3.05. The average molecular weight is 105 g/mol. The van der Waals surface area contributed by atoms with Gasteiger partial charge in [-0.05, 0) is 25.2 Å². The maximum absolute atomic E-state index is 5.02. The number of aromatic nitrogens is 5. The number of nitrogens with zero attached hydrogens (tertiary/aromatic N) is 5. The Labute approximate surface area is 38.0 Å². The van der Waals surface area contributed by atoms with Crippen molar-refractivity contribution in [2.24, 2.45) is 0 Å². The van der Waals surface area contributed by atoms with Crippen LogP contribution >= 0.6 is 11.8 Å². The summed E-state index contributed by atoms with van der Waals surface area (Å²) in [5, 5.41) is 12.3. The van der Waals surface area contributed by atoms with Gasteiger partial charge in [0.1, 0.15) is 0 Å². The second-order valence-corrected chi connectivity index (χ2v) is 0.901. The molecule has 0 aromatic carbocycles. The van der Waals surface area contributed by atoms with Crippen molar-refractivity contribution < 1.29 is 0 Å². The van der Waals surface area contributed by atoms with Crippen LogP contribution in [0, 0.1) is 0 Å². The van der Waals surface area contributed by atoms with Gasteiger partial charge in [-0.3, -0.25) is 0 Å². The zero-order valence-electron chi connectivity index (χ0n) is 2.61. The molecule has 0 radical (unpaired) electrons. The van der Waals surface area contributed by atoms with Gasteiger partial charge in [-0.1, -0.05) is 0 Å². The molecule has 0 spiro atoms. The van der Waals surface area contributed by atoms with E-state index in [0.717, 1.165) is 4.32 Å². The van der Waals surface area contributed by atoms with Gasteiger partial charge < -0.3 is 0 Å². The number of rotatable bonds is 0. The minimum Gasteiger partial charge on any atom is -0.0449 e. The van der Waals surface area contributed by atoms with Crippen molar-refractivity contribution in [3.8, 4) is 0 Å². The first-order valence-corrected chi connectivity index (χ1v) is 1.51. The topological polar surface area (TPSA) is 56.5 Å². The predicted octanol–water partition coefficient (Wildman–Crippen LogP) is -0.930. The quantitative estimate of drug-likeness (QED) is 0.428. The van der Waals surface area contributed by atoms with Gasteiger partial charge in [0.2, 0.25) is 0 Å². The van der Waals surface area contributed by atoms with Crippen molar-refractivity contribution in [1.82, 2.24) is 25.2 Å². The van der Waals surface area contributed by atoms with Gasteiger partial charge >= 0.3 is 0 Å². The van der Waals surface area contributed by atoms with E-state index in [1.807, 2.05) is 0 Å². The van der Waals surface area contributed by atoms with Crippen LogP contribution in [0.15, 0.2) is 0 Å². The molecule has 0 saturated carbocycles. The van der Waals surface area contributed by atoms with Gasteiger partial charge in [0.05, 0.1) is 11.8 Å². The summed E-state index contributed by atoms with van der Waals surface area (Å²) in [5.41, 5.74) is 0. The van der Waals surface area contributed by atoms with Gasteiger partial charge in [0.15, 0.2) is 0 Å². The molecule has 1 rings (SSSR count). The van der Waals surface area contributed by atoms with E-state index < -0.39 is 0 Å². The van der Waals surface area contributed by atoms with E-state index >= 15 is 0 Å². The van der Waals surface area contributed by atoms with Crippen LogP contribution in [-0.4, -0.2) is 25.2 Å². The molecule has 0 aliphatic heterocycles. The molecule has 32 valence electrons. The molecule has 0 amide bonds. The van der Waals surface area contributed by atoms with E-state index in [2.05, 4.69) is 20.9 Å². The van der Waals surface area contributed by atoms with Crippen molar-refractivity contribution in [2.45, 2.75) is 0 Å². The lowest BCUT2D eigenvalue weighted by Crippen LogP contribution is -1.82. The SMILES string of the molecule is Cln1nnnn1. The van der Waals surface area contributed by atoms with Crippen molar-refractivity contribution in [3.05, 3.63) is 0 Å². The Morgan fingerprint density at radius 3 is 1.83 bits per heavy atom. The number of halogens is 1. The fourth-order valence-electron chi connectivity index (χ4n) is 0.120. The first-order chi connectivity index (χ1) is 2.89. The van der Waals surface area contributed by atoms with Crippen LogP contribution in [0.5, 0.6) is 0 Å². The van der Waals surface area contributed by atoms with Crippen LogP contribution in [0.2, 0.25) is 0 Å². The highest BCUT2D eigenvalue weighted by molar-refractivity contribution is 6.13. The van der Waals surface area contributed by atoms with Gasteiger partial charge in [0.25, 0.3) is 0 Å². The summed E-state index contributed by atoms with van der Waals surface area (Å²) in [4.78, 5) is 0. The van der Waals surface area contributed by atoms with Crippen LogP contribution in [0.3, 0.4) is 0 Å². The highest BCUT2D eigenvalue weighted by Crippen LogP contribution is 1.66. The van der Waals surface area contributed by atoms with Crippen LogP contribution < -0.4 is 0 Å². The third-order valence-electron chi connectivity index (χ3n) is 0.268. The molecule has 6 heteroatoms. The summed E-state index contributed by atoms with van der Waals surface area (Å²) < 4.78 is 0.750. The van der Waals surface area contributed by atoms with Crippen molar-refractivity contribution in [3.63, 3.8) is 0 Å². The Morgan fingerprint density at radius 2 is 1.67 bits per heavy atom. The lowest BCUT2D eigenvalue weighted by atomic mass is 12.7. The van der Waals surface area contributed by atoms with E-state index in [1.54, 1.807) is 0 Å². The Hall–Kier alpha value is -0.710. The zero-order valence-corrected chi connectivity index (χ0v) is 3.37. The smallest absolute Gasteiger partial charge is 0.0449 e. The molecular formula is ClN5. The average Bonchev–Trinajstić information content (AvgIpc) is 1.86. The second-order valence-electron chi connectivity index (χ2n) is 0.598. The molecule has 0 unspecified atom stereocenters. The molecule has 5 nitrogen and oxygen atoms in total. The van der Waals surface area contributed by atoms with E-state index in [-0.39, 0.29) is 0 Å². The summed E-state index contributed by atoms with van der Waals surface area (Å²) in [5.74, 6) is 0. The first kappa shape index (κ1) is 3.48. The molecular weight excluding hydrogens is 105 g/mol. The minimum atomic E-state index is 0.750. The highest BCUT2D eigenvalue weighted by Gasteiger charge is 1.77. The van der Waals surface area contributed by atoms with Crippen molar-refractivity contribution >= 4 is 11.8 Å². The van der Waals surface area contributed by atoms with Gasteiger partial charge in [-0.25, -0.2) is 0 Å². The second kappa shape index (κ2) is 1.17. The van der Waals surface area contributed by atoms with Crippen LogP contribution in [-0.2, 0) is 0 Å². The molecule has 1 aromatic heterocycles. The number of hydrogen-bond acceptors (Lipinski definition) is 4. The van der Waals surface area contributed by atoms with Crippen LogP contribution in [0.4, 0.5) is 0 Å². The fourth-order valence-corrected chi connectivity index (χ4v) is 0.180. The Morgan fingerprint density at radius 1 is 1.17 bits per heavy atom. The maximum atomic E-state index is 5.02. The van der Waals surface area contributed by atoms with Gasteiger partial charge in [0, 0.05) is 0 Å². The van der Waals surface area contributed by atoms with E-state index in [9.17, 15) is 0 Å². The summed E-state index contributed by atoms with van der Waals surface area (Å²) in [7, 11) is 0. The molecule has 1 aromatic rings. The molecule has 0 aliphatic rings.